The minimum absolute atomic E-state index is 0.0565. The van der Waals surface area contributed by atoms with Gasteiger partial charge in [-0.3, -0.25) is 4.79 Å². The van der Waals surface area contributed by atoms with Crippen LogP contribution in [0.1, 0.15) is 29.8 Å². The van der Waals surface area contributed by atoms with Gasteiger partial charge in [0.25, 0.3) is 0 Å². The number of hydrogen-bond donors (Lipinski definition) is 3. The summed E-state index contributed by atoms with van der Waals surface area (Å²) >= 11 is 6.04. The monoisotopic (exact) mass is 332 g/mol. The van der Waals surface area contributed by atoms with E-state index in [1.807, 2.05) is 0 Å². The van der Waals surface area contributed by atoms with E-state index >= 15 is 0 Å². The second-order valence-electron chi connectivity index (χ2n) is 5.67. The van der Waals surface area contributed by atoms with E-state index in [1.165, 1.54) is 18.2 Å². The molecule has 6 heteroatoms. The maximum atomic E-state index is 12.7. The molecule has 0 aliphatic heterocycles. The molecule has 120 valence electrons. The van der Waals surface area contributed by atoms with Gasteiger partial charge in [-0.2, -0.15) is 0 Å². The van der Waals surface area contributed by atoms with Crippen LogP contribution in [0.15, 0.2) is 42.5 Å². The summed E-state index contributed by atoms with van der Waals surface area (Å²) in [6.45, 7) is 3.48. The Hall–Kier alpha value is -2.53. The number of carbonyl (C=O) groups excluding carboxylic acids is 1. The van der Waals surface area contributed by atoms with Gasteiger partial charge < -0.3 is 16.2 Å². The Balaban J connectivity index is 2.35. The molecule has 0 saturated carbocycles. The van der Waals surface area contributed by atoms with Crippen molar-refractivity contribution in [2.24, 2.45) is 0 Å². The fourth-order valence-electron chi connectivity index (χ4n) is 2.13. The number of carboxylic acids is 1. The third kappa shape index (κ3) is 3.46. The van der Waals surface area contributed by atoms with Crippen molar-refractivity contribution in [3.8, 4) is 0 Å². The Labute approximate surface area is 139 Å². The Bertz CT molecular complexity index is 755. The number of nitrogen functional groups attached to an aromatic ring is 1. The zero-order chi connectivity index (χ0) is 17.2. The van der Waals surface area contributed by atoms with E-state index in [0.29, 0.717) is 5.69 Å². The molecule has 0 saturated heterocycles. The number of amides is 1. The average molecular weight is 333 g/mol. The van der Waals surface area contributed by atoms with Gasteiger partial charge in [-0.15, -0.1) is 0 Å². The lowest BCUT2D eigenvalue weighted by molar-refractivity contribution is -0.120. The van der Waals surface area contributed by atoms with Gasteiger partial charge in [0, 0.05) is 5.69 Å². The number of rotatable bonds is 4. The number of para-hydroxylation sites is 1. The molecule has 0 aliphatic carbocycles. The Morgan fingerprint density at radius 2 is 1.74 bits per heavy atom. The summed E-state index contributed by atoms with van der Waals surface area (Å²) in [5.41, 5.74) is 6.17. The van der Waals surface area contributed by atoms with Crippen molar-refractivity contribution in [2.45, 2.75) is 19.3 Å². The number of carbonyl (C=O) groups is 2. The Morgan fingerprint density at radius 3 is 2.30 bits per heavy atom. The van der Waals surface area contributed by atoms with Gasteiger partial charge in [-0.05, 0) is 43.7 Å². The van der Waals surface area contributed by atoms with E-state index < -0.39 is 11.4 Å². The highest BCUT2D eigenvalue weighted by Gasteiger charge is 2.31. The summed E-state index contributed by atoms with van der Waals surface area (Å²) in [7, 11) is 0. The first kappa shape index (κ1) is 16.8. The van der Waals surface area contributed by atoms with Crippen LogP contribution in [0.4, 0.5) is 11.4 Å². The van der Waals surface area contributed by atoms with Crippen LogP contribution in [-0.4, -0.2) is 17.0 Å². The SMILES string of the molecule is CC(C)(C(=O)Nc1c(Cl)cccc1C(=O)O)c1ccc(N)cc1. The first-order valence-electron chi connectivity index (χ1n) is 6.92. The van der Waals surface area contributed by atoms with Crippen LogP contribution in [0.3, 0.4) is 0 Å². The molecule has 1 amide bonds. The third-order valence-corrected chi connectivity index (χ3v) is 4.00. The summed E-state index contributed by atoms with van der Waals surface area (Å²) in [5.74, 6) is -1.52. The van der Waals surface area contributed by atoms with Gasteiger partial charge in [0.15, 0.2) is 0 Å². The maximum absolute atomic E-state index is 12.7. The quantitative estimate of drug-likeness (QED) is 0.747. The minimum Gasteiger partial charge on any atom is -0.478 e. The normalized spacial score (nSPS) is 11.1. The largest absolute Gasteiger partial charge is 0.478 e. The number of nitrogens with one attached hydrogen (secondary N) is 1. The van der Waals surface area contributed by atoms with Gasteiger partial charge in [-0.1, -0.05) is 29.8 Å². The zero-order valence-corrected chi connectivity index (χ0v) is 13.5. The number of hydrogen-bond acceptors (Lipinski definition) is 3. The number of aromatic carboxylic acids is 1. The number of benzene rings is 2. The first-order chi connectivity index (χ1) is 10.7. The highest BCUT2D eigenvalue weighted by molar-refractivity contribution is 6.34. The van der Waals surface area contributed by atoms with Gasteiger partial charge in [0.05, 0.1) is 21.7 Å². The fourth-order valence-corrected chi connectivity index (χ4v) is 2.35. The lowest BCUT2D eigenvalue weighted by Crippen LogP contribution is -2.35. The van der Waals surface area contributed by atoms with E-state index in [2.05, 4.69) is 5.32 Å². The predicted octanol–water partition coefficient (Wildman–Crippen LogP) is 3.54. The summed E-state index contributed by atoms with van der Waals surface area (Å²) in [5, 5.41) is 12.0. The van der Waals surface area contributed by atoms with E-state index in [-0.39, 0.29) is 22.2 Å². The molecule has 0 unspecified atom stereocenters. The van der Waals surface area contributed by atoms with Crippen molar-refractivity contribution < 1.29 is 14.7 Å². The van der Waals surface area contributed by atoms with Crippen LogP contribution in [0.2, 0.25) is 5.02 Å². The van der Waals surface area contributed by atoms with Gasteiger partial charge in [0.2, 0.25) is 5.91 Å². The molecular weight excluding hydrogens is 316 g/mol. The summed E-state index contributed by atoms with van der Waals surface area (Å²) in [6, 6.07) is 11.4. The highest BCUT2D eigenvalue weighted by Crippen LogP contribution is 2.30. The van der Waals surface area contributed by atoms with E-state index in [1.54, 1.807) is 38.1 Å². The number of anilines is 2. The molecule has 5 nitrogen and oxygen atoms in total. The van der Waals surface area contributed by atoms with Crippen LogP contribution in [0.25, 0.3) is 0 Å². The first-order valence-corrected chi connectivity index (χ1v) is 7.30. The molecule has 2 aromatic carbocycles. The molecule has 0 heterocycles. The predicted molar refractivity (Wildman–Crippen MR) is 90.9 cm³/mol. The standard InChI is InChI=1S/C17H17ClN2O3/c1-17(2,10-6-8-11(19)9-7-10)16(23)20-14-12(15(21)22)4-3-5-13(14)18/h3-9H,19H2,1-2H3,(H,20,23)(H,21,22). The molecule has 0 aliphatic rings. The van der Waals surface area contributed by atoms with Crippen molar-refractivity contribution in [1.82, 2.24) is 0 Å². The lowest BCUT2D eigenvalue weighted by atomic mass is 9.83. The van der Waals surface area contributed by atoms with Crippen LogP contribution < -0.4 is 11.1 Å². The van der Waals surface area contributed by atoms with Gasteiger partial charge in [-0.25, -0.2) is 4.79 Å². The van der Waals surface area contributed by atoms with Gasteiger partial charge >= 0.3 is 5.97 Å². The summed E-state index contributed by atoms with van der Waals surface area (Å²) < 4.78 is 0. The third-order valence-electron chi connectivity index (χ3n) is 3.68. The molecule has 4 N–H and O–H groups in total. The number of nitrogens with two attached hydrogens (primary N) is 1. The molecule has 0 aromatic heterocycles. The van der Waals surface area contributed by atoms with Crippen molar-refractivity contribution >= 4 is 34.9 Å². The molecule has 0 bridgehead atoms. The Kier molecular flexibility index (Phi) is 4.61. The molecule has 0 fully saturated rings. The van der Waals surface area contributed by atoms with Crippen molar-refractivity contribution in [3.05, 3.63) is 58.6 Å². The number of carboxylic acid groups (broad SMARTS) is 1. The molecule has 2 aromatic rings. The van der Waals surface area contributed by atoms with Crippen LogP contribution in [0.5, 0.6) is 0 Å². The zero-order valence-electron chi connectivity index (χ0n) is 12.8. The number of halogens is 1. The molecule has 23 heavy (non-hydrogen) atoms. The molecule has 0 radical (unpaired) electrons. The lowest BCUT2D eigenvalue weighted by Gasteiger charge is -2.25. The molecule has 0 spiro atoms. The van der Waals surface area contributed by atoms with Crippen LogP contribution in [-0.2, 0) is 10.2 Å². The van der Waals surface area contributed by atoms with Gasteiger partial charge in [0.1, 0.15) is 0 Å². The smallest absolute Gasteiger partial charge is 0.337 e. The minimum atomic E-state index is -1.16. The molecule has 2 rings (SSSR count). The van der Waals surface area contributed by atoms with E-state index in [0.717, 1.165) is 5.56 Å². The average Bonchev–Trinajstić information content (AvgIpc) is 2.49. The van der Waals surface area contributed by atoms with E-state index in [4.69, 9.17) is 17.3 Å². The van der Waals surface area contributed by atoms with E-state index in [9.17, 15) is 14.7 Å². The molecule has 0 atom stereocenters. The summed E-state index contributed by atoms with van der Waals surface area (Å²) in [6.07, 6.45) is 0. The fraction of sp³-hybridized carbons (Fsp3) is 0.176. The maximum Gasteiger partial charge on any atom is 0.337 e. The van der Waals surface area contributed by atoms with Crippen molar-refractivity contribution in [2.75, 3.05) is 11.1 Å². The molecular formula is C17H17ClN2O3. The second kappa shape index (κ2) is 6.30. The summed E-state index contributed by atoms with van der Waals surface area (Å²) in [4.78, 5) is 23.9. The Morgan fingerprint density at radius 1 is 1.13 bits per heavy atom. The highest BCUT2D eigenvalue weighted by atomic mass is 35.5. The van der Waals surface area contributed by atoms with Crippen LogP contribution in [0, 0.1) is 0 Å². The van der Waals surface area contributed by atoms with Crippen molar-refractivity contribution in [3.63, 3.8) is 0 Å². The van der Waals surface area contributed by atoms with Crippen LogP contribution >= 0.6 is 11.6 Å². The second-order valence-corrected chi connectivity index (χ2v) is 6.08. The van der Waals surface area contributed by atoms with Crippen molar-refractivity contribution in [1.29, 1.82) is 0 Å². The topological polar surface area (TPSA) is 92.4 Å².